The molecule has 0 unspecified atom stereocenters. The van der Waals surface area contributed by atoms with Crippen molar-refractivity contribution >= 4 is 38.6 Å². The molecule has 0 saturated heterocycles. The summed E-state index contributed by atoms with van der Waals surface area (Å²) in [6, 6.07) is 34.8. The standard InChI is InChI=1S/C33H22N2O3/c36-29-12-10-21(16-26(29)33-34-27-17-23-8-4-5-9-24(23)18-28(27)35-33)14-20-11-13-30-25(15-20)19-31(38-30)32(37)22-6-2-1-3-7-22/h1-13,15-19,36H,14H2,(H,34,35). The monoisotopic (exact) mass is 494 g/mol. The topological polar surface area (TPSA) is 79.1 Å². The third kappa shape index (κ3) is 3.91. The second-order valence-electron chi connectivity index (χ2n) is 9.51. The van der Waals surface area contributed by atoms with Crippen LogP contribution < -0.4 is 0 Å². The third-order valence-electron chi connectivity index (χ3n) is 6.91. The lowest BCUT2D eigenvalue weighted by molar-refractivity contribution is 0.101. The molecule has 5 heteroatoms. The lowest BCUT2D eigenvalue weighted by Gasteiger charge is -2.07. The number of phenolic OH excluding ortho intramolecular Hbond substituents is 1. The number of carbonyl (C=O) groups is 1. The average molecular weight is 495 g/mol. The second-order valence-corrected chi connectivity index (χ2v) is 9.51. The number of ketones is 1. The molecule has 0 radical (unpaired) electrons. The Morgan fingerprint density at radius 3 is 2.34 bits per heavy atom. The first kappa shape index (κ1) is 22.1. The molecule has 5 aromatic carbocycles. The molecule has 0 aliphatic rings. The second kappa shape index (κ2) is 8.75. The normalized spacial score (nSPS) is 11.5. The summed E-state index contributed by atoms with van der Waals surface area (Å²) in [5.74, 6) is 0.994. The Hall–Kier alpha value is -5.16. The van der Waals surface area contributed by atoms with Gasteiger partial charge in [0.15, 0.2) is 5.76 Å². The Kier molecular flexibility index (Phi) is 5.08. The van der Waals surface area contributed by atoms with Gasteiger partial charge in [0, 0.05) is 10.9 Å². The van der Waals surface area contributed by atoms with E-state index >= 15 is 0 Å². The molecule has 2 aromatic heterocycles. The van der Waals surface area contributed by atoms with Crippen LogP contribution in [0.5, 0.6) is 5.75 Å². The number of phenols is 1. The van der Waals surface area contributed by atoms with E-state index in [1.165, 1.54) is 0 Å². The summed E-state index contributed by atoms with van der Waals surface area (Å²) >= 11 is 0. The number of aromatic nitrogens is 2. The highest BCUT2D eigenvalue weighted by Crippen LogP contribution is 2.32. The molecule has 2 N–H and O–H groups in total. The first-order valence-corrected chi connectivity index (χ1v) is 12.4. The van der Waals surface area contributed by atoms with E-state index in [4.69, 9.17) is 9.40 Å². The summed E-state index contributed by atoms with van der Waals surface area (Å²) in [7, 11) is 0. The van der Waals surface area contributed by atoms with E-state index in [0.717, 1.165) is 38.3 Å². The first-order chi connectivity index (χ1) is 18.6. The lowest BCUT2D eigenvalue weighted by atomic mass is 10.0. The largest absolute Gasteiger partial charge is 0.507 e. The zero-order valence-corrected chi connectivity index (χ0v) is 20.3. The fourth-order valence-electron chi connectivity index (χ4n) is 4.99. The van der Waals surface area contributed by atoms with Crippen LogP contribution in [0.4, 0.5) is 0 Å². The third-order valence-corrected chi connectivity index (χ3v) is 6.91. The number of nitrogens with zero attached hydrogens (tertiary/aromatic N) is 1. The van der Waals surface area contributed by atoms with E-state index in [1.807, 2.05) is 60.7 Å². The molecule has 38 heavy (non-hydrogen) atoms. The van der Waals surface area contributed by atoms with Crippen LogP contribution in [0, 0.1) is 0 Å². The highest BCUT2D eigenvalue weighted by atomic mass is 16.3. The SMILES string of the molecule is O=C(c1ccccc1)c1cc2cc(Cc3ccc(O)c(-c4nc5cc6ccccc6cc5[nH]4)c3)ccc2o1. The molecule has 0 fully saturated rings. The van der Waals surface area contributed by atoms with Gasteiger partial charge < -0.3 is 14.5 Å². The number of aromatic hydroxyl groups is 1. The van der Waals surface area contributed by atoms with Gasteiger partial charge in [-0.05, 0) is 70.8 Å². The van der Waals surface area contributed by atoms with Gasteiger partial charge in [-0.2, -0.15) is 0 Å². The van der Waals surface area contributed by atoms with Crippen LogP contribution in [0.3, 0.4) is 0 Å². The Bertz CT molecular complexity index is 1930. The van der Waals surface area contributed by atoms with Crippen LogP contribution in [-0.4, -0.2) is 20.9 Å². The maximum absolute atomic E-state index is 12.8. The van der Waals surface area contributed by atoms with Gasteiger partial charge in [0.1, 0.15) is 17.2 Å². The Morgan fingerprint density at radius 2 is 1.50 bits per heavy atom. The molecule has 7 rings (SSSR count). The van der Waals surface area contributed by atoms with Crippen LogP contribution in [0.1, 0.15) is 27.2 Å². The first-order valence-electron chi connectivity index (χ1n) is 12.4. The fraction of sp³-hybridized carbons (Fsp3) is 0.0303. The smallest absolute Gasteiger partial charge is 0.228 e. The number of carbonyl (C=O) groups excluding carboxylic acids is 1. The van der Waals surface area contributed by atoms with E-state index in [0.29, 0.717) is 34.7 Å². The van der Waals surface area contributed by atoms with Crippen LogP contribution >= 0.6 is 0 Å². The zero-order chi connectivity index (χ0) is 25.6. The van der Waals surface area contributed by atoms with Crippen LogP contribution in [0.15, 0.2) is 114 Å². The number of imidazole rings is 1. The number of benzene rings is 5. The molecule has 7 aromatic rings. The van der Waals surface area contributed by atoms with Crippen LogP contribution in [0.2, 0.25) is 0 Å². The number of aromatic amines is 1. The van der Waals surface area contributed by atoms with Gasteiger partial charge in [-0.25, -0.2) is 4.98 Å². The van der Waals surface area contributed by atoms with Gasteiger partial charge in [0.2, 0.25) is 5.78 Å². The maximum Gasteiger partial charge on any atom is 0.228 e. The quantitative estimate of drug-likeness (QED) is 0.241. The van der Waals surface area contributed by atoms with E-state index in [2.05, 4.69) is 29.2 Å². The number of hydrogen-bond donors (Lipinski definition) is 2. The molecular weight excluding hydrogens is 472 g/mol. The van der Waals surface area contributed by atoms with Gasteiger partial charge in [-0.1, -0.05) is 66.7 Å². The lowest BCUT2D eigenvalue weighted by Crippen LogP contribution is -1.98. The van der Waals surface area contributed by atoms with Crippen molar-refractivity contribution in [1.29, 1.82) is 0 Å². The van der Waals surface area contributed by atoms with E-state index in [1.54, 1.807) is 24.3 Å². The molecule has 0 atom stereocenters. The highest BCUT2D eigenvalue weighted by molar-refractivity contribution is 6.09. The molecule has 5 nitrogen and oxygen atoms in total. The van der Waals surface area contributed by atoms with Gasteiger partial charge >= 0.3 is 0 Å². The van der Waals surface area contributed by atoms with Gasteiger partial charge in [0.05, 0.1) is 16.6 Å². The number of nitrogens with one attached hydrogen (secondary N) is 1. The minimum absolute atomic E-state index is 0.134. The Balaban J connectivity index is 1.19. The van der Waals surface area contributed by atoms with Crippen LogP contribution in [0.25, 0.3) is 44.2 Å². The molecule has 0 aliphatic carbocycles. The van der Waals surface area contributed by atoms with Crippen molar-refractivity contribution in [3.63, 3.8) is 0 Å². The summed E-state index contributed by atoms with van der Waals surface area (Å²) in [6.45, 7) is 0. The van der Waals surface area contributed by atoms with Crippen molar-refractivity contribution in [2.75, 3.05) is 0 Å². The summed E-state index contributed by atoms with van der Waals surface area (Å²) in [4.78, 5) is 20.9. The maximum atomic E-state index is 12.8. The summed E-state index contributed by atoms with van der Waals surface area (Å²) < 4.78 is 5.84. The fourth-order valence-corrected chi connectivity index (χ4v) is 4.99. The Labute approximate surface area is 218 Å². The number of H-pyrrole nitrogens is 1. The summed E-state index contributed by atoms with van der Waals surface area (Å²) in [5, 5.41) is 13.8. The molecule has 0 aliphatic heterocycles. The molecule has 0 amide bonds. The van der Waals surface area contributed by atoms with Crippen molar-refractivity contribution in [2.24, 2.45) is 0 Å². The molecule has 182 valence electrons. The molecule has 0 bridgehead atoms. The molecule has 0 spiro atoms. The molecule has 2 heterocycles. The minimum atomic E-state index is -0.134. The molecular formula is C33H22N2O3. The van der Waals surface area contributed by atoms with Crippen LogP contribution in [-0.2, 0) is 6.42 Å². The highest BCUT2D eigenvalue weighted by Gasteiger charge is 2.15. The van der Waals surface area contributed by atoms with Gasteiger partial charge in [0.25, 0.3) is 0 Å². The van der Waals surface area contributed by atoms with E-state index in [-0.39, 0.29) is 11.5 Å². The van der Waals surface area contributed by atoms with Crippen molar-refractivity contribution in [3.8, 4) is 17.1 Å². The predicted octanol–water partition coefficient (Wildman–Crippen LogP) is 7.66. The number of hydrogen-bond acceptors (Lipinski definition) is 4. The van der Waals surface area contributed by atoms with E-state index in [9.17, 15) is 9.90 Å². The number of rotatable bonds is 5. The molecule has 0 saturated carbocycles. The summed E-state index contributed by atoms with van der Waals surface area (Å²) in [6.07, 6.45) is 0.653. The van der Waals surface area contributed by atoms with Crippen molar-refractivity contribution in [1.82, 2.24) is 9.97 Å². The Morgan fingerprint density at radius 1 is 0.763 bits per heavy atom. The average Bonchev–Trinajstić information content (AvgIpc) is 3.56. The van der Waals surface area contributed by atoms with Crippen molar-refractivity contribution in [2.45, 2.75) is 6.42 Å². The van der Waals surface area contributed by atoms with Gasteiger partial charge in [-0.3, -0.25) is 4.79 Å². The van der Waals surface area contributed by atoms with Crippen molar-refractivity contribution < 1.29 is 14.3 Å². The zero-order valence-electron chi connectivity index (χ0n) is 20.3. The predicted molar refractivity (Wildman–Crippen MR) is 150 cm³/mol. The number of furan rings is 1. The number of fused-ring (bicyclic) bond motifs is 3. The summed E-state index contributed by atoms with van der Waals surface area (Å²) in [5.41, 5.74) is 5.82. The van der Waals surface area contributed by atoms with Crippen molar-refractivity contribution in [3.05, 3.63) is 132 Å². The van der Waals surface area contributed by atoms with E-state index < -0.39 is 0 Å². The van der Waals surface area contributed by atoms with Gasteiger partial charge in [-0.15, -0.1) is 0 Å². The minimum Gasteiger partial charge on any atom is -0.507 e.